The van der Waals surface area contributed by atoms with Gasteiger partial charge in [-0.3, -0.25) is 38.5 Å². The highest BCUT2D eigenvalue weighted by Gasteiger charge is 2.37. The Morgan fingerprint density at radius 1 is 0.593 bits per heavy atom. The van der Waals surface area contributed by atoms with Crippen molar-refractivity contribution in [1.82, 2.24) is 25.2 Å². The van der Waals surface area contributed by atoms with Crippen molar-refractivity contribution in [2.75, 3.05) is 159 Å². The standard InChI is InChI=1S/C60H96N6O20/c1-46(2)50(58(72)62-51(9-7-8-10-55(61)69)54(68)41-47-11-13-48(14-12-47)45-86-59(73)60(3,4)5)42-49(67)43-53(66-56(70)15-16-57(66)71)52-44-65(64-63-52)17-18-75-21-22-77-25-26-79-29-30-81-33-34-83-37-38-85-40-39-84-36-35-82-32-31-80-28-27-78-24-23-76-20-19-74-6/h11-16,44,46,50-51,53H,7-10,17-43,45H2,1-6H3,(H2,61,69)(H,62,72)/t50-,51-,53+/m0/s1. The maximum absolute atomic E-state index is 14.0. The van der Waals surface area contributed by atoms with Gasteiger partial charge < -0.3 is 72.6 Å². The maximum Gasteiger partial charge on any atom is 0.311 e. The summed E-state index contributed by atoms with van der Waals surface area (Å²) in [5.41, 5.74) is 6.32. The van der Waals surface area contributed by atoms with Crippen LogP contribution in [0.3, 0.4) is 0 Å². The van der Waals surface area contributed by atoms with Crippen LogP contribution in [0.4, 0.5) is 0 Å². The Bertz CT molecular complexity index is 2240. The number of ketones is 2. The maximum atomic E-state index is 14.0. The highest BCUT2D eigenvalue weighted by atomic mass is 16.6. The molecule has 0 saturated heterocycles. The number of carbonyl (C=O) groups excluding carboxylic acids is 7. The van der Waals surface area contributed by atoms with Crippen molar-refractivity contribution in [3.8, 4) is 0 Å². The summed E-state index contributed by atoms with van der Waals surface area (Å²) in [5, 5.41) is 11.3. The number of hydrogen-bond donors (Lipinski definition) is 2. The molecule has 1 aliphatic heterocycles. The Hall–Kier alpha value is -5.49. The van der Waals surface area contributed by atoms with E-state index in [2.05, 4.69) is 15.6 Å². The van der Waals surface area contributed by atoms with E-state index < -0.39 is 52.8 Å². The third-order valence-corrected chi connectivity index (χ3v) is 12.9. The predicted octanol–water partition coefficient (Wildman–Crippen LogP) is 3.13. The Morgan fingerprint density at radius 2 is 1.02 bits per heavy atom. The molecular formula is C60H96N6O20. The number of ether oxygens (including phenoxy) is 13. The van der Waals surface area contributed by atoms with Crippen LogP contribution < -0.4 is 11.1 Å². The summed E-state index contributed by atoms with van der Waals surface area (Å²) >= 11 is 0. The molecule has 4 amide bonds. The van der Waals surface area contributed by atoms with Crippen molar-refractivity contribution in [3.63, 3.8) is 0 Å². The Kier molecular flexibility index (Phi) is 39.8. The van der Waals surface area contributed by atoms with E-state index in [9.17, 15) is 33.6 Å². The Labute approximate surface area is 506 Å². The molecule has 86 heavy (non-hydrogen) atoms. The van der Waals surface area contributed by atoms with E-state index in [-0.39, 0.29) is 75.2 Å². The van der Waals surface area contributed by atoms with Crippen LogP contribution in [0.2, 0.25) is 0 Å². The number of nitrogens with zero attached hydrogens (tertiary/aromatic N) is 4. The third-order valence-electron chi connectivity index (χ3n) is 12.9. The Morgan fingerprint density at radius 3 is 1.44 bits per heavy atom. The molecule has 2 heterocycles. The molecule has 0 saturated carbocycles. The summed E-state index contributed by atoms with van der Waals surface area (Å²) in [6.45, 7) is 19.4. The molecule has 1 aliphatic rings. The van der Waals surface area contributed by atoms with Crippen LogP contribution in [-0.4, -0.2) is 226 Å². The SMILES string of the molecule is COCCOCCOCCOCCOCCOCCOCCOCCOCCOCCOCCOCCn1cc([C@@H](CC(=O)C[C@H](C(=O)N[C@@H](CCCCC(N)=O)C(=O)Cc2ccc(COC(=O)C(C)(C)C)cc2)C(C)C)N2C(=O)C=CC2=O)nn1. The molecular weight excluding hydrogens is 1120 g/mol. The number of nitrogens with two attached hydrogens (primary N) is 1. The van der Waals surface area contributed by atoms with E-state index in [0.29, 0.717) is 164 Å². The van der Waals surface area contributed by atoms with Gasteiger partial charge in [0.2, 0.25) is 11.8 Å². The van der Waals surface area contributed by atoms with E-state index in [4.69, 9.17) is 67.3 Å². The summed E-state index contributed by atoms with van der Waals surface area (Å²) in [6.07, 6.45) is 4.35. The summed E-state index contributed by atoms with van der Waals surface area (Å²) in [5.74, 6) is -4.50. The number of benzene rings is 1. The van der Waals surface area contributed by atoms with Gasteiger partial charge in [-0.2, -0.15) is 0 Å². The number of nitrogens with one attached hydrogen (secondary N) is 1. The van der Waals surface area contributed by atoms with Crippen LogP contribution in [0.25, 0.3) is 0 Å². The first-order valence-electron chi connectivity index (χ1n) is 29.7. The zero-order valence-corrected chi connectivity index (χ0v) is 51.5. The zero-order chi connectivity index (χ0) is 62.6. The van der Waals surface area contributed by atoms with Crippen molar-refractivity contribution >= 4 is 41.2 Å². The normalized spacial score (nSPS) is 13.6. The first-order valence-corrected chi connectivity index (χ1v) is 29.7. The molecule has 3 rings (SSSR count). The van der Waals surface area contributed by atoms with E-state index >= 15 is 0 Å². The second-order valence-electron chi connectivity index (χ2n) is 21.4. The van der Waals surface area contributed by atoms with Crippen LogP contribution in [0, 0.1) is 17.3 Å². The second-order valence-corrected chi connectivity index (χ2v) is 21.4. The van der Waals surface area contributed by atoms with Crippen molar-refractivity contribution in [3.05, 3.63) is 59.4 Å². The van der Waals surface area contributed by atoms with Gasteiger partial charge in [0, 0.05) is 50.9 Å². The van der Waals surface area contributed by atoms with Gasteiger partial charge >= 0.3 is 5.97 Å². The highest BCUT2D eigenvalue weighted by Crippen LogP contribution is 2.29. The molecule has 1 aromatic heterocycles. The molecule has 0 aliphatic carbocycles. The van der Waals surface area contributed by atoms with E-state index in [1.165, 1.54) is 4.68 Å². The van der Waals surface area contributed by atoms with Crippen LogP contribution in [-0.2, 0) is 115 Å². The number of aromatic nitrogens is 3. The summed E-state index contributed by atoms with van der Waals surface area (Å²) < 4.78 is 72.4. The molecule has 486 valence electrons. The lowest BCUT2D eigenvalue weighted by Gasteiger charge is -2.26. The average Bonchev–Trinajstić information content (AvgIpc) is 2.62. The molecule has 26 heteroatoms. The lowest BCUT2D eigenvalue weighted by atomic mass is 9.87. The summed E-state index contributed by atoms with van der Waals surface area (Å²) in [4.78, 5) is 92.4. The van der Waals surface area contributed by atoms with Gasteiger partial charge in [-0.05, 0) is 50.7 Å². The Balaban J connectivity index is 1.28. The number of amides is 4. The number of carbonyl (C=O) groups is 7. The fourth-order valence-electron chi connectivity index (χ4n) is 8.08. The van der Waals surface area contributed by atoms with Crippen LogP contribution in [0.15, 0.2) is 42.6 Å². The van der Waals surface area contributed by atoms with Gasteiger partial charge in [0.25, 0.3) is 11.8 Å². The topological polar surface area (TPSA) is 311 Å². The minimum atomic E-state index is -1.11. The minimum Gasteiger partial charge on any atom is -0.460 e. The first kappa shape index (κ1) is 74.8. The molecule has 0 unspecified atom stereocenters. The fourth-order valence-corrected chi connectivity index (χ4v) is 8.08. The number of Topliss-reactive ketones (excluding diaryl/α,β-unsaturated/α-hetero) is 2. The summed E-state index contributed by atoms with van der Waals surface area (Å²) in [7, 11) is 1.63. The number of esters is 1. The number of primary amides is 1. The van der Waals surface area contributed by atoms with Crippen LogP contribution >= 0.6 is 0 Å². The minimum absolute atomic E-state index is 0.0166. The lowest BCUT2D eigenvalue weighted by Crippen LogP contribution is -2.46. The van der Waals surface area contributed by atoms with Gasteiger partial charge in [-0.1, -0.05) is 49.7 Å². The van der Waals surface area contributed by atoms with Gasteiger partial charge in [-0.25, -0.2) is 4.68 Å². The highest BCUT2D eigenvalue weighted by molar-refractivity contribution is 6.13. The van der Waals surface area contributed by atoms with Gasteiger partial charge in [0.05, 0.1) is 182 Å². The average molecular weight is 1220 g/mol. The molecule has 2 aromatic rings. The van der Waals surface area contributed by atoms with Gasteiger partial charge in [0.1, 0.15) is 18.1 Å². The molecule has 0 fully saturated rings. The van der Waals surface area contributed by atoms with Crippen LogP contribution in [0.5, 0.6) is 0 Å². The molecule has 3 N–H and O–H groups in total. The molecule has 26 nitrogen and oxygen atoms in total. The number of rotatable bonds is 55. The van der Waals surface area contributed by atoms with Gasteiger partial charge in [0.15, 0.2) is 5.78 Å². The van der Waals surface area contributed by atoms with Gasteiger partial charge in [-0.15, -0.1) is 5.10 Å². The van der Waals surface area contributed by atoms with Crippen molar-refractivity contribution in [2.24, 2.45) is 23.0 Å². The molecule has 1 aromatic carbocycles. The fraction of sp³-hybridized carbons (Fsp3) is 0.717. The molecule has 0 radical (unpaired) electrons. The lowest BCUT2D eigenvalue weighted by molar-refractivity contribution is -0.154. The van der Waals surface area contributed by atoms with E-state index in [1.807, 2.05) is 0 Å². The first-order chi connectivity index (χ1) is 41.5. The monoisotopic (exact) mass is 1220 g/mol. The smallest absolute Gasteiger partial charge is 0.311 e. The van der Waals surface area contributed by atoms with Crippen molar-refractivity contribution in [2.45, 2.75) is 105 Å². The number of methoxy groups -OCH3 is 1. The van der Waals surface area contributed by atoms with Crippen molar-refractivity contribution < 1.29 is 95.1 Å². The van der Waals surface area contributed by atoms with E-state index in [1.54, 1.807) is 72.2 Å². The number of imide groups is 1. The second kappa shape index (κ2) is 45.7. The quantitative estimate of drug-likeness (QED) is 0.0546. The van der Waals surface area contributed by atoms with Crippen LogP contribution in [0.1, 0.15) is 96.0 Å². The van der Waals surface area contributed by atoms with Crippen molar-refractivity contribution in [1.29, 1.82) is 0 Å². The predicted molar refractivity (Wildman–Crippen MR) is 311 cm³/mol. The zero-order valence-electron chi connectivity index (χ0n) is 51.5. The molecule has 0 bridgehead atoms. The molecule has 3 atom stereocenters. The third kappa shape index (κ3) is 34.2. The number of unbranched alkanes of at least 4 members (excludes halogenated alkanes) is 1. The number of hydrogen-bond acceptors (Lipinski definition) is 22. The largest absolute Gasteiger partial charge is 0.460 e. The van der Waals surface area contributed by atoms with E-state index in [0.717, 1.165) is 22.6 Å². The summed E-state index contributed by atoms with van der Waals surface area (Å²) in [6, 6.07) is 5.00. The molecule has 0 spiro atoms.